The predicted octanol–water partition coefficient (Wildman–Crippen LogP) is 0.704. The molecule has 0 amide bonds. The molecule has 0 radical (unpaired) electrons. The minimum atomic E-state index is -3.06. The highest BCUT2D eigenvalue weighted by Gasteiger charge is 2.36. The molecule has 0 aliphatic heterocycles. The number of hydrogen-bond donors (Lipinski definition) is 2. The van der Waals surface area contributed by atoms with Crippen molar-refractivity contribution in [3.63, 3.8) is 0 Å². The molecule has 1 fully saturated rings. The molecule has 2 N–H and O–H groups in total. The molecule has 4 nitrogen and oxygen atoms in total. The van der Waals surface area contributed by atoms with Crippen molar-refractivity contribution in [3.8, 4) is 0 Å². The Bertz CT molecular complexity index is 320. The second-order valence-corrected chi connectivity index (χ2v) is 8.51. The average molecular weight is 249 g/mol. The summed E-state index contributed by atoms with van der Waals surface area (Å²) in [4.78, 5) is 0. The van der Waals surface area contributed by atoms with Crippen LogP contribution in [-0.2, 0) is 9.84 Å². The fraction of sp³-hybridized carbons (Fsp3) is 1.00. The van der Waals surface area contributed by atoms with Crippen molar-refractivity contribution >= 4 is 9.84 Å². The maximum Gasteiger partial charge on any atom is 0.156 e. The lowest BCUT2D eigenvalue weighted by Gasteiger charge is -2.41. The van der Waals surface area contributed by atoms with Crippen LogP contribution in [0, 0.1) is 0 Å². The van der Waals surface area contributed by atoms with E-state index in [1.807, 2.05) is 0 Å². The lowest BCUT2D eigenvalue weighted by atomic mass is 9.77. The molecule has 0 saturated heterocycles. The Morgan fingerprint density at radius 2 is 1.88 bits per heavy atom. The summed E-state index contributed by atoms with van der Waals surface area (Å²) in [5.74, 6) is 0.137. The lowest BCUT2D eigenvalue weighted by Crippen LogP contribution is -2.55. The third-order valence-corrected chi connectivity index (χ3v) is 6.02. The Hall–Kier alpha value is -0.130. The molecule has 0 aromatic rings. The zero-order chi connectivity index (χ0) is 12.4. The van der Waals surface area contributed by atoms with Crippen LogP contribution in [0.1, 0.15) is 40.0 Å². The van der Waals surface area contributed by atoms with Crippen LogP contribution in [0.2, 0.25) is 0 Å². The molecule has 5 heteroatoms. The van der Waals surface area contributed by atoms with Crippen LogP contribution in [0.25, 0.3) is 0 Å². The molecule has 0 heterocycles. The van der Waals surface area contributed by atoms with Crippen LogP contribution >= 0.6 is 0 Å². The molecular weight excluding hydrogens is 226 g/mol. The SMILES string of the molecule is CC(C)(C)S(=O)(=O)CCNC1(CO)CCC1. The van der Waals surface area contributed by atoms with E-state index in [-0.39, 0.29) is 17.9 Å². The summed E-state index contributed by atoms with van der Waals surface area (Å²) in [6, 6.07) is 0. The highest BCUT2D eigenvalue weighted by atomic mass is 32.2. The molecule has 0 aromatic carbocycles. The van der Waals surface area contributed by atoms with E-state index in [1.54, 1.807) is 20.8 Å². The first kappa shape index (κ1) is 13.9. The maximum absolute atomic E-state index is 11.8. The molecule has 1 aliphatic rings. The van der Waals surface area contributed by atoms with Crippen LogP contribution in [-0.4, -0.2) is 42.7 Å². The highest BCUT2D eigenvalue weighted by molar-refractivity contribution is 7.92. The Labute approximate surface area is 98.4 Å². The fourth-order valence-electron chi connectivity index (χ4n) is 1.75. The molecular formula is C11H23NO3S. The van der Waals surface area contributed by atoms with Crippen molar-refractivity contribution in [2.24, 2.45) is 0 Å². The van der Waals surface area contributed by atoms with Gasteiger partial charge >= 0.3 is 0 Å². The first-order valence-corrected chi connectivity index (χ1v) is 7.46. The van der Waals surface area contributed by atoms with Gasteiger partial charge in [0.25, 0.3) is 0 Å². The van der Waals surface area contributed by atoms with Crippen LogP contribution in [0.4, 0.5) is 0 Å². The lowest BCUT2D eigenvalue weighted by molar-refractivity contribution is 0.0910. The number of aliphatic hydroxyl groups excluding tert-OH is 1. The number of nitrogens with one attached hydrogen (secondary N) is 1. The van der Waals surface area contributed by atoms with Gasteiger partial charge in [0.1, 0.15) is 0 Å². The van der Waals surface area contributed by atoms with Crippen LogP contribution in [0.5, 0.6) is 0 Å². The second-order valence-electron chi connectivity index (χ2n) is 5.65. The second kappa shape index (κ2) is 4.63. The van der Waals surface area contributed by atoms with Crippen molar-refractivity contribution in [2.75, 3.05) is 18.9 Å². The summed E-state index contributed by atoms with van der Waals surface area (Å²) in [7, 11) is -3.06. The van der Waals surface area contributed by atoms with E-state index >= 15 is 0 Å². The fourth-order valence-corrected chi connectivity index (χ4v) is 2.73. The summed E-state index contributed by atoms with van der Waals surface area (Å²) in [6.07, 6.45) is 3.00. The summed E-state index contributed by atoms with van der Waals surface area (Å²) in [5, 5.41) is 12.4. The van der Waals surface area contributed by atoms with Gasteiger partial charge in [-0.3, -0.25) is 0 Å². The zero-order valence-corrected chi connectivity index (χ0v) is 11.2. The van der Waals surface area contributed by atoms with E-state index in [0.717, 1.165) is 19.3 Å². The Morgan fingerprint density at radius 1 is 1.31 bits per heavy atom. The molecule has 1 rings (SSSR count). The van der Waals surface area contributed by atoms with Crippen LogP contribution in [0.3, 0.4) is 0 Å². The van der Waals surface area contributed by atoms with Gasteiger partial charge in [0.05, 0.1) is 17.1 Å². The van der Waals surface area contributed by atoms with Crippen LogP contribution in [0.15, 0.2) is 0 Å². The standard InChI is InChI=1S/C11H23NO3S/c1-10(2,3)16(14,15)8-7-12-11(9-13)5-4-6-11/h12-13H,4-9H2,1-3H3. The summed E-state index contributed by atoms with van der Waals surface area (Å²) in [6.45, 7) is 5.68. The normalized spacial score (nSPS) is 20.5. The number of sulfone groups is 1. The largest absolute Gasteiger partial charge is 0.394 e. The quantitative estimate of drug-likeness (QED) is 0.753. The van der Waals surface area contributed by atoms with Gasteiger partial charge in [0.15, 0.2) is 9.84 Å². The first-order valence-electron chi connectivity index (χ1n) is 5.81. The third kappa shape index (κ3) is 2.96. The van der Waals surface area contributed by atoms with Gasteiger partial charge in [-0.05, 0) is 40.0 Å². The summed E-state index contributed by atoms with van der Waals surface area (Å²) in [5.41, 5.74) is -0.201. The van der Waals surface area contributed by atoms with Gasteiger partial charge < -0.3 is 10.4 Å². The molecule has 0 aromatic heterocycles. The molecule has 16 heavy (non-hydrogen) atoms. The van der Waals surface area contributed by atoms with E-state index < -0.39 is 14.6 Å². The van der Waals surface area contributed by atoms with E-state index in [9.17, 15) is 13.5 Å². The van der Waals surface area contributed by atoms with Crippen molar-refractivity contribution < 1.29 is 13.5 Å². The topological polar surface area (TPSA) is 66.4 Å². The molecule has 0 spiro atoms. The Morgan fingerprint density at radius 3 is 2.19 bits per heavy atom. The Balaban J connectivity index is 2.41. The summed E-state index contributed by atoms with van der Waals surface area (Å²) < 4.78 is 23.0. The highest BCUT2D eigenvalue weighted by Crippen LogP contribution is 2.31. The van der Waals surface area contributed by atoms with Crippen molar-refractivity contribution in [3.05, 3.63) is 0 Å². The molecule has 96 valence electrons. The van der Waals surface area contributed by atoms with Gasteiger partial charge in [-0.1, -0.05) is 0 Å². The summed E-state index contributed by atoms with van der Waals surface area (Å²) >= 11 is 0. The van der Waals surface area contributed by atoms with Crippen molar-refractivity contribution in [1.29, 1.82) is 0 Å². The van der Waals surface area contributed by atoms with Gasteiger partial charge in [-0.15, -0.1) is 0 Å². The zero-order valence-electron chi connectivity index (χ0n) is 10.4. The minimum absolute atomic E-state index is 0.0998. The average Bonchev–Trinajstić information content (AvgIpc) is 2.07. The van der Waals surface area contributed by atoms with E-state index in [2.05, 4.69) is 5.32 Å². The number of aliphatic hydroxyl groups is 1. The van der Waals surface area contributed by atoms with Crippen LogP contribution < -0.4 is 5.32 Å². The molecule has 1 aliphatic carbocycles. The van der Waals surface area contributed by atoms with Gasteiger partial charge in [0, 0.05) is 12.1 Å². The third-order valence-electron chi connectivity index (χ3n) is 3.42. The minimum Gasteiger partial charge on any atom is -0.394 e. The molecule has 0 unspecified atom stereocenters. The molecule has 0 atom stereocenters. The monoisotopic (exact) mass is 249 g/mol. The van der Waals surface area contributed by atoms with Gasteiger partial charge in [0.2, 0.25) is 0 Å². The predicted molar refractivity (Wildman–Crippen MR) is 65.2 cm³/mol. The number of rotatable bonds is 5. The maximum atomic E-state index is 11.8. The van der Waals surface area contributed by atoms with E-state index in [0.29, 0.717) is 6.54 Å². The van der Waals surface area contributed by atoms with Gasteiger partial charge in [-0.2, -0.15) is 0 Å². The van der Waals surface area contributed by atoms with E-state index in [1.165, 1.54) is 0 Å². The smallest absolute Gasteiger partial charge is 0.156 e. The molecule has 0 bridgehead atoms. The first-order chi connectivity index (χ1) is 7.22. The number of hydrogen-bond acceptors (Lipinski definition) is 4. The van der Waals surface area contributed by atoms with Gasteiger partial charge in [-0.25, -0.2) is 8.42 Å². The Kier molecular flexibility index (Phi) is 4.03. The molecule has 1 saturated carbocycles. The van der Waals surface area contributed by atoms with E-state index in [4.69, 9.17) is 0 Å². The van der Waals surface area contributed by atoms with Crippen molar-refractivity contribution in [1.82, 2.24) is 5.32 Å². The van der Waals surface area contributed by atoms with Crippen molar-refractivity contribution in [2.45, 2.75) is 50.3 Å².